The summed E-state index contributed by atoms with van der Waals surface area (Å²) in [6, 6.07) is 12.7. The summed E-state index contributed by atoms with van der Waals surface area (Å²) in [5.74, 6) is 0.520. The normalized spacial score (nSPS) is 11.1. The summed E-state index contributed by atoms with van der Waals surface area (Å²) in [4.78, 5) is 12.1. The van der Waals surface area contributed by atoms with Crippen LogP contribution in [0.2, 0.25) is 0 Å². The molecule has 0 spiro atoms. The quantitative estimate of drug-likeness (QED) is 0.460. The number of carbonyl (C=O) groups is 1. The maximum atomic E-state index is 12.1. The van der Waals surface area contributed by atoms with Crippen molar-refractivity contribution in [1.82, 2.24) is 5.43 Å². The minimum atomic E-state index is -0.411. The lowest BCUT2D eigenvalue weighted by Crippen LogP contribution is -2.16. The molecule has 7 heteroatoms. The van der Waals surface area contributed by atoms with Gasteiger partial charge in [-0.15, -0.1) is 0 Å². The molecular weight excluding hydrogens is 440 g/mol. The second-order valence-electron chi connectivity index (χ2n) is 4.89. The fourth-order valence-corrected chi connectivity index (χ4v) is 3.05. The summed E-state index contributed by atoms with van der Waals surface area (Å²) < 4.78 is 12.4. The molecule has 5 nitrogen and oxygen atoms in total. The zero-order chi connectivity index (χ0) is 17.1. The largest absolute Gasteiger partial charge is 0.496 e. The van der Waals surface area contributed by atoms with Crippen LogP contribution in [0.25, 0.3) is 11.0 Å². The number of halogens is 2. The number of methoxy groups -OCH3 is 1. The number of hydrogen-bond acceptors (Lipinski definition) is 4. The molecule has 0 radical (unpaired) electrons. The van der Waals surface area contributed by atoms with E-state index >= 15 is 0 Å². The van der Waals surface area contributed by atoms with Crippen LogP contribution >= 0.6 is 31.9 Å². The van der Waals surface area contributed by atoms with E-state index in [0.29, 0.717) is 5.58 Å². The van der Waals surface area contributed by atoms with Gasteiger partial charge < -0.3 is 9.15 Å². The van der Waals surface area contributed by atoms with E-state index in [1.807, 2.05) is 30.3 Å². The Kier molecular flexibility index (Phi) is 5.01. The molecule has 1 N–H and O–H groups in total. The van der Waals surface area contributed by atoms with E-state index < -0.39 is 5.91 Å². The highest BCUT2D eigenvalue weighted by Gasteiger charge is 2.11. The van der Waals surface area contributed by atoms with Gasteiger partial charge in [0.2, 0.25) is 0 Å². The van der Waals surface area contributed by atoms with Gasteiger partial charge in [0.05, 0.1) is 17.8 Å². The topological polar surface area (TPSA) is 63.8 Å². The average Bonchev–Trinajstić information content (AvgIpc) is 2.98. The van der Waals surface area contributed by atoms with Crippen molar-refractivity contribution in [3.63, 3.8) is 0 Å². The number of hydrogen-bond donors (Lipinski definition) is 1. The molecule has 3 rings (SSSR count). The first-order chi connectivity index (χ1) is 11.6. The molecule has 3 aromatic rings. The van der Waals surface area contributed by atoms with E-state index in [4.69, 9.17) is 9.15 Å². The number of amides is 1. The Morgan fingerprint density at radius 1 is 1.21 bits per heavy atom. The molecule has 0 aliphatic rings. The third kappa shape index (κ3) is 3.68. The molecule has 0 saturated carbocycles. The Morgan fingerprint density at radius 3 is 2.79 bits per heavy atom. The first-order valence-electron chi connectivity index (χ1n) is 6.93. The molecule has 0 aliphatic carbocycles. The predicted molar refractivity (Wildman–Crippen MR) is 99.7 cm³/mol. The number of rotatable bonds is 4. The Morgan fingerprint density at radius 2 is 2.04 bits per heavy atom. The highest BCUT2D eigenvalue weighted by Crippen LogP contribution is 2.25. The van der Waals surface area contributed by atoms with E-state index in [-0.39, 0.29) is 5.76 Å². The van der Waals surface area contributed by atoms with Crippen LogP contribution in [0.1, 0.15) is 16.1 Å². The van der Waals surface area contributed by atoms with Crippen molar-refractivity contribution in [3.05, 3.63) is 62.7 Å². The molecule has 2 aromatic carbocycles. The average molecular weight is 452 g/mol. The van der Waals surface area contributed by atoms with Crippen LogP contribution in [-0.2, 0) is 0 Å². The van der Waals surface area contributed by atoms with Gasteiger partial charge in [-0.1, -0.05) is 15.9 Å². The second-order valence-corrected chi connectivity index (χ2v) is 6.66. The first-order valence-corrected chi connectivity index (χ1v) is 8.51. The highest BCUT2D eigenvalue weighted by atomic mass is 79.9. The summed E-state index contributed by atoms with van der Waals surface area (Å²) in [5, 5.41) is 4.79. The number of nitrogens with one attached hydrogen (secondary N) is 1. The van der Waals surface area contributed by atoms with Gasteiger partial charge in [-0.2, -0.15) is 5.10 Å². The molecule has 1 heterocycles. The maximum absolute atomic E-state index is 12.1. The lowest BCUT2D eigenvalue weighted by Gasteiger charge is -2.03. The van der Waals surface area contributed by atoms with Gasteiger partial charge in [0, 0.05) is 9.86 Å². The summed E-state index contributed by atoms with van der Waals surface area (Å²) in [7, 11) is 1.60. The smallest absolute Gasteiger partial charge is 0.307 e. The van der Waals surface area contributed by atoms with Crippen molar-refractivity contribution < 1.29 is 13.9 Å². The number of carbonyl (C=O) groups excluding carboxylic acids is 1. The van der Waals surface area contributed by atoms with Crippen molar-refractivity contribution in [1.29, 1.82) is 0 Å². The Labute approximate surface area is 154 Å². The number of nitrogens with zero attached hydrogens (tertiary/aromatic N) is 1. The monoisotopic (exact) mass is 450 g/mol. The van der Waals surface area contributed by atoms with Gasteiger partial charge in [0.1, 0.15) is 11.3 Å². The van der Waals surface area contributed by atoms with Crippen LogP contribution in [0.3, 0.4) is 0 Å². The SMILES string of the molecule is COc1ccc(C=NNC(=O)c2cc3cc(Br)ccc3o2)cc1Br. The predicted octanol–water partition coefficient (Wildman–Crippen LogP) is 4.73. The Hall–Kier alpha value is -2.12. The molecule has 0 unspecified atom stereocenters. The van der Waals surface area contributed by atoms with Gasteiger partial charge >= 0.3 is 5.91 Å². The van der Waals surface area contributed by atoms with Gasteiger partial charge in [-0.25, -0.2) is 5.43 Å². The minimum absolute atomic E-state index is 0.205. The zero-order valence-electron chi connectivity index (χ0n) is 12.5. The summed E-state index contributed by atoms with van der Waals surface area (Å²) in [5.41, 5.74) is 3.91. The Balaban J connectivity index is 1.71. The fourth-order valence-electron chi connectivity index (χ4n) is 2.11. The van der Waals surface area contributed by atoms with Crippen molar-refractivity contribution in [2.75, 3.05) is 7.11 Å². The second kappa shape index (κ2) is 7.19. The van der Waals surface area contributed by atoms with E-state index in [9.17, 15) is 4.79 Å². The molecule has 0 atom stereocenters. The molecule has 0 bridgehead atoms. The summed E-state index contributed by atoms with van der Waals surface area (Å²) in [6.07, 6.45) is 1.54. The first kappa shape index (κ1) is 16.7. The van der Waals surface area contributed by atoms with Crippen LogP contribution in [0.5, 0.6) is 5.75 Å². The standard InChI is InChI=1S/C17H12Br2N2O3/c1-23-15-4-2-10(6-13(15)19)9-20-21-17(22)16-8-11-7-12(18)3-5-14(11)24-16/h2-9H,1H3,(H,21,22). The van der Waals surface area contributed by atoms with Crippen molar-refractivity contribution in [2.45, 2.75) is 0 Å². The molecule has 0 aliphatic heterocycles. The number of hydrazone groups is 1. The summed E-state index contributed by atoms with van der Waals surface area (Å²) in [6.45, 7) is 0. The van der Waals surface area contributed by atoms with Crippen molar-refractivity contribution >= 4 is 55.0 Å². The van der Waals surface area contributed by atoms with Gasteiger partial charge in [-0.3, -0.25) is 4.79 Å². The van der Waals surface area contributed by atoms with E-state index in [1.54, 1.807) is 25.5 Å². The fraction of sp³-hybridized carbons (Fsp3) is 0.0588. The maximum Gasteiger partial charge on any atom is 0.307 e. The third-order valence-corrected chi connectivity index (χ3v) is 4.37. The van der Waals surface area contributed by atoms with Gasteiger partial charge in [-0.05, 0) is 64.0 Å². The number of benzene rings is 2. The van der Waals surface area contributed by atoms with E-state index in [2.05, 4.69) is 42.4 Å². The summed E-state index contributed by atoms with van der Waals surface area (Å²) >= 11 is 6.78. The third-order valence-electron chi connectivity index (χ3n) is 3.26. The number of furan rings is 1. The van der Waals surface area contributed by atoms with E-state index in [1.165, 1.54) is 0 Å². The van der Waals surface area contributed by atoms with Gasteiger partial charge in [0.15, 0.2) is 5.76 Å². The molecule has 1 aromatic heterocycles. The molecule has 1 amide bonds. The van der Waals surface area contributed by atoms with Crippen LogP contribution in [0, 0.1) is 0 Å². The van der Waals surface area contributed by atoms with Crippen molar-refractivity contribution in [3.8, 4) is 5.75 Å². The molecule has 0 fully saturated rings. The van der Waals surface area contributed by atoms with Crippen LogP contribution in [0.15, 0.2) is 60.9 Å². The molecular formula is C17H12Br2N2O3. The van der Waals surface area contributed by atoms with Crippen molar-refractivity contribution in [2.24, 2.45) is 5.10 Å². The number of ether oxygens (including phenoxy) is 1. The van der Waals surface area contributed by atoms with Crippen LogP contribution in [-0.4, -0.2) is 19.2 Å². The lowest BCUT2D eigenvalue weighted by atomic mass is 10.2. The molecule has 122 valence electrons. The van der Waals surface area contributed by atoms with Crippen LogP contribution in [0.4, 0.5) is 0 Å². The minimum Gasteiger partial charge on any atom is -0.496 e. The van der Waals surface area contributed by atoms with E-state index in [0.717, 1.165) is 25.6 Å². The number of fused-ring (bicyclic) bond motifs is 1. The lowest BCUT2D eigenvalue weighted by molar-refractivity contribution is 0.0929. The Bertz CT molecular complexity index is 935. The van der Waals surface area contributed by atoms with Crippen LogP contribution < -0.4 is 10.2 Å². The zero-order valence-corrected chi connectivity index (χ0v) is 15.7. The molecule has 0 saturated heterocycles. The van der Waals surface area contributed by atoms with Gasteiger partial charge in [0.25, 0.3) is 0 Å². The molecule has 24 heavy (non-hydrogen) atoms. The highest BCUT2D eigenvalue weighted by molar-refractivity contribution is 9.10.